The molecule has 134 valence electrons. The SMILES string of the molecule is CCN1CCN(CCCCCNC(=O)COc2ccccc2)CC1. The number of piperazine rings is 1. The third kappa shape index (κ3) is 7.32. The summed E-state index contributed by atoms with van der Waals surface area (Å²) in [5, 5.41) is 2.92. The lowest BCUT2D eigenvalue weighted by atomic mass is 10.2. The van der Waals surface area contributed by atoms with Crippen LogP contribution in [0.15, 0.2) is 30.3 Å². The summed E-state index contributed by atoms with van der Waals surface area (Å²) in [6.07, 6.45) is 3.41. The van der Waals surface area contributed by atoms with Gasteiger partial charge >= 0.3 is 0 Å². The average Bonchev–Trinajstić information content (AvgIpc) is 2.64. The van der Waals surface area contributed by atoms with Gasteiger partial charge in [0.2, 0.25) is 0 Å². The number of nitrogens with one attached hydrogen (secondary N) is 1. The molecule has 1 aromatic rings. The van der Waals surface area contributed by atoms with Crippen LogP contribution < -0.4 is 10.1 Å². The van der Waals surface area contributed by atoms with Crippen LogP contribution in [0.2, 0.25) is 0 Å². The molecule has 2 rings (SSSR count). The van der Waals surface area contributed by atoms with E-state index in [0.717, 1.165) is 25.1 Å². The number of likely N-dealkylation sites (N-methyl/N-ethyl adjacent to an activating group) is 1. The third-order valence-electron chi connectivity index (χ3n) is 4.50. The maximum atomic E-state index is 11.7. The van der Waals surface area contributed by atoms with Gasteiger partial charge in [0.1, 0.15) is 5.75 Å². The fourth-order valence-electron chi connectivity index (χ4n) is 2.91. The second kappa shape index (κ2) is 11.0. The van der Waals surface area contributed by atoms with Crippen LogP contribution in [0.1, 0.15) is 26.2 Å². The largest absolute Gasteiger partial charge is 0.484 e. The highest BCUT2D eigenvalue weighted by molar-refractivity contribution is 5.77. The Hall–Kier alpha value is -1.59. The number of ether oxygens (including phenoxy) is 1. The molecule has 1 aliphatic heterocycles. The minimum Gasteiger partial charge on any atom is -0.484 e. The molecule has 0 aromatic heterocycles. The molecule has 0 saturated carbocycles. The Balaban J connectivity index is 1.43. The van der Waals surface area contributed by atoms with Crippen LogP contribution in [-0.2, 0) is 4.79 Å². The monoisotopic (exact) mass is 333 g/mol. The first-order valence-corrected chi connectivity index (χ1v) is 9.17. The Labute approximate surface area is 146 Å². The normalized spacial score (nSPS) is 16.0. The fourth-order valence-corrected chi connectivity index (χ4v) is 2.91. The van der Waals surface area contributed by atoms with Crippen molar-refractivity contribution in [2.45, 2.75) is 26.2 Å². The molecule has 1 heterocycles. The molecular weight excluding hydrogens is 302 g/mol. The lowest BCUT2D eigenvalue weighted by Gasteiger charge is -2.33. The molecule has 1 amide bonds. The van der Waals surface area contributed by atoms with E-state index in [-0.39, 0.29) is 12.5 Å². The van der Waals surface area contributed by atoms with Crippen LogP contribution in [0.3, 0.4) is 0 Å². The van der Waals surface area contributed by atoms with Crippen LogP contribution in [0.25, 0.3) is 0 Å². The van der Waals surface area contributed by atoms with Gasteiger partial charge in [-0.05, 0) is 38.1 Å². The van der Waals surface area contributed by atoms with Gasteiger partial charge in [0, 0.05) is 32.7 Å². The lowest BCUT2D eigenvalue weighted by molar-refractivity contribution is -0.123. The molecule has 1 aliphatic rings. The molecule has 24 heavy (non-hydrogen) atoms. The molecule has 0 radical (unpaired) electrons. The second-order valence-electron chi connectivity index (χ2n) is 6.29. The van der Waals surface area contributed by atoms with Crippen LogP contribution in [-0.4, -0.2) is 68.1 Å². The Morgan fingerprint density at radius 1 is 1.04 bits per heavy atom. The number of hydrogen-bond acceptors (Lipinski definition) is 4. The number of hydrogen-bond donors (Lipinski definition) is 1. The molecule has 0 atom stereocenters. The van der Waals surface area contributed by atoms with Gasteiger partial charge in [0.25, 0.3) is 5.91 Å². The highest BCUT2D eigenvalue weighted by atomic mass is 16.5. The van der Waals surface area contributed by atoms with Crippen LogP contribution in [0, 0.1) is 0 Å². The molecule has 1 saturated heterocycles. The lowest BCUT2D eigenvalue weighted by Crippen LogP contribution is -2.46. The number of rotatable bonds is 10. The number of para-hydroxylation sites is 1. The van der Waals surface area contributed by atoms with Crippen molar-refractivity contribution in [2.24, 2.45) is 0 Å². The molecule has 0 aliphatic carbocycles. The summed E-state index contributed by atoms with van der Waals surface area (Å²) in [4.78, 5) is 16.8. The topological polar surface area (TPSA) is 44.8 Å². The van der Waals surface area contributed by atoms with E-state index in [1.807, 2.05) is 30.3 Å². The van der Waals surface area contributed by atoms with E-state index in [1.165, 1.54) is 45.7 Å². The van der Waals surface area contributed by atoms with Gasteiger partial charge in [-0.3, -0.25) is 4.79 Å². The van der Waals surface area contributed by atoms with Gasteiger partial charge in [-0.15, -0.1) is 0 Å². The number of amides is 1. The van der Waals surface area contributed by atoms with Crippen molar-refractivity contribution in [1.82, 2.24) is 15.1 Å². The van der Waals surface area contributed by atoms with Gasteiger partial charge in [0.15, 0.2) is 6.61 Å². The van der Waals surface area contributed by atoms with Crippen molar-refractivity contribution >= 4 is 5.91 Å². The Kier molecular flexibility index (Phi) is 8.63. The average molecular weight is 333 g/mol. The minimum absolute atomic E-state index is 0.0467. The van der Waals surface area contributed by atoms with Gasteiger partial charge in [0.05, 0.1) is 0 Å². The van der Waals surface area contributed by atoms with E-state index in [4.69, 9.17) is 4.74 Å². The molecule has 0 unspecified atom stereocenters. The fraction of sp³-hybridized carbons (Fsp3) is 0.632. The zero-order chi connectivity index (χ0) is 17.0. The molecule has 1 N–H and O–H groups in total. The summed E-state index contributed by atoms with van der Waals surface area (Å²) >= 11 is 0. The number of nitrogens with zero attached hydrogens (tertiary/aromatic N) is 2. The summed E-state index contributed by atoms with van der Waals surface area (Å²) in [6.45, 7) is 10.2. The van der Waals surface area contributed by atoms with Crippen molar-refractivity contribution in [2.75, 3.05) is 52.4 Å². The summed E-state index contributed by atoms with van der Waals surface area (Å²) in [5.74, 6) is 0.686. The molecule has 5 nitrogen and oxygen atoms in total. The summed E-state index contributed by atoms with van der Waals surface area (Å²) in [5.41, 5.74) is 0. The van der Waals surface area contributed by atoms with E-state index in [9.17, 15) is 4.79 Å². The highest BCUT2D eigenvalue weighted by Gasteiger charge is 2.14. The molecule has 0 spiro atoms. The number of carbonyl (C=O) groups is 1. The smallest absolute Gasteiger partial charge is 0.257 e. The standard InChI is InChI=1S/C19H31N3O2/c1-2-21-13-15-22(16-14-21)12-8-4-7-11-20-19(23)17-24-18-9-5-3-6-10-18/h3,5-6,9-10H,2,4,7-8,11-17H2,1H3,(H,20,23). The van der Waals surface area contributed by atoms with Crippen LogP contribution in [0.5, 0.6) is 5.75 Å². The Bertz CT molecular complexity index is 459. The summed E-state index contributed by atoms with van der Waals surface area (Å²) in [7, 11) is 0. The minimum atomic E-state index is -0.0467. The van der Waals surface area contributed by atoms with Crippen molar-refractivity contribution in [3.63, 3.8) is 0 Å². The zero-order valence-corrected chi connectivity index (χ0v) is 14.9. The second-order valence-corrected chi connectivity index (χ2v) is 6.29. The van der Waals surface area contributed by atoms with E-state index < -0.39 is 0 Å². The van der Waals surface area contributed by atoms with Gasteiger partial charge in [-0.25, -0.2) is 0 Å². The summed E-state index contributed by atoms with van der Waals surface area (Å²) < 4.78 is 5.42. The van der Waals surface area contributed by atoms with E-state index in [1.54, 1.807) is 0 Å². The first-order chi connectivity index (χ1) is 11.8. The molecule has 5 heteroatoms. The number of unbranched alkanes of at least 4 members (excludes halogenated alkanes) is 2. The maximum absolute atomic E-state index is 11.7. The third-order valence-corrected chi connectivity index (χ3v) is 4.50. The van der Waals surface area contributed by atoms with E-state index in [0.29, 0.717) is 0 Å². The molecule has 1 aromatic carbocycles. The van der Waals surface area contributed by atoms with Crippen molar-refractivity contribution in [1.29, 1.82) is 0 Å². The Morgan fingerprint density at radius 3 is 2.46 bits per heavy atom. The number of carbonyl (C=O) groups excluding carboxylic acids is 1. The van der Waals surface area contributed by atoms with Gasteiger partial charge in [-0.2, -0.15) is 0 Å². The van der Waals surface area contributed by atoms with Gasteiger partial charge in [-0.1, -0.05) is 31.5 Å². The predicted molar refractivity (Wildman–Crippen MR) is 97.4 cm³/mol. The number of benzene rings is 1. The first kappa shape index (κ1) is 18.7. The van der Waals surface area contributed by atoms with E-state index in [2.05, 4.69) is 22.0 Å². The van der Waals surface area contributed by atoms with Crippen molar-refractivity contribution in [3.8, 4) is 5.75 Å². The molecular formula is C19H31N3O2. The van der Waals surface area contributed by atoms with Crippen LogP contribution in [0.4, 0.5) is 0 Å². The zero-order valence-electron chi connectivity index (χ0n) is 14.9. The van der Waals surface area contributed by atoms with Crippen LogP contribution >= 0.6 is 0 Å². The summed E-state index contributed by atoms with van der Waals surface area (Å²) in [6, 6.07) is 9.43. The molecule has 1 fully saturated rings. The molecule has 0 bridgehead atoms. The highest BCUT2D eigenvalue weighted by Crippen LogP contribution is 2.07. The maximum Gasteiger partial charge on any atom is 0.257 e. The van der Waals surface area contributed by atoms with E-state index >= 15 is 0 Å². The predicted octanol–water partition coefficient (Wildman–Crippen LogP) is 1.99. The quantitative estimate of drug-likeness (QED) is 0.665. The van der Waals surface area contributed by atoms with Gasteiger partial charge < -0.3 is 19.9 Å². The first-order valence-electron chi connectivity index (χ1n) is 9.17. The Morgan fingerprint density at radius 2 is 1.75 bits per heavy atom. The van der Waals surface area contributed by atoms with Crippen molar-refractivity contribution in [3.05, 3.63) is 30.3 Å². The van der Waals surface area contributed by atoms with Crippen molar-refractivity contribution < 1.29 is 9.53 Å².